The molecule has 5 heteroatoms. The van der Waals surface area contributed by atoms with E-state index in [2.05, 4.69) is 58.2 Å². The quantitative estimate of drug-likeness (QED) is 0.145. The fraction of sp³-hybridized carbons (Fsp3) is 0.786. The Bertz CT molecular complexity index is 830. The summed E-state index contributed by atoms with van der Waals surface area (Å²) in [6.45, 7) is 20.6. The van der Waals surface area contributed by atoms with E-state index in [4.69, 9.17) is 4.74 Å². The number of hydrogen-bond acceptors (Lipinski definition) is 4. The number of hydrogen-bond donors (Lipinski definition) is 1. The van der Waals surface area contributed by atoms with Crippen LogP contribution in [-0.2, 0) is 24.2 Å². The van der Waals surface area contributed by atoms with E-state index < -0.39 is 5.60 Å². The molecule has 0 aromatic heterocycles. The summed E-state index contributed by atoms with van der Waals surface area (Å²) in [6.07, 6.45) is 13.3. The Morgan fingerprint density at radius 2 is 1.73 bits per heavy atom. The van der Waals surface area contributed by atoms with Crippen molar-refractivity contribution in [1.82, 2.24) is 0 Å². The van der Waals surface area contributed by atoms with Gasteiger partial charge in [0.2, 0.25) is 0 Å². The maximum Gasteiger partial charge on any atom is 0.0885 e. The Hall–Kier alpha value is -0.637. The summed E-state index contributed by atoms with van der Waals surface area (Å²) < 4.78 is 5.42. The zero-order chi connectivity index (χ0) is 23.6. The van der Waals surface area contributed by atoms with Gasteiger partial charge in [-0.2, -0.15) is 0 Å². The predicted molar refractivity (Wildman–Crippen MR) is 131 cm³/mol. The molecule has 1 radical (unpaired) electrons. The van der Waals surface area contributed by atoms with Crippen LogP contribution in [0.3, 0.4) is 0 Å². The summed E-state index contributed by atoms with van der Waals surface area (Å²) in [5, 5.41) is 26.1. The van der Waals surface area contributed by atoms with Gasteiger partial charge in [0.1, 0.15) is 0 Å². The molecule has 4 nitrogen and oxygen atoms in total. The number of rotatable bonds is 5. The first-order valence-electron chi connectivity index (χ1n) is 12.5. The summed E-state index contributed by atoms with van der Waals surface area (Å²) in [4.78, 5) is 0. The van der Waals surface area contributed by atoms with Gasteiger partial charge in [-0.3, -0.25) is 0 Å². The molecule has 4 aliphatic rings. The molecular weight excluding hydrogens is 501 g/mol. The van der Waals surface area contributed by atoms with Gasteiger partial charge in [-0.1, -0.05) is 32.9 Å². The molecule has 0 aromatic rings. The Labute approximate surface area is 214 Å². The van der Waals surface area contributed by atoms with E-state index in [1.165, 1.54) is 0 Å². The van der Waals surface area contributed by atoms with Crippen LogP contribution in [0, 0.1) is 51.0 Å². The minimum absolute atomic E-state index is 0. The smallest absolute Gasteiger partial charge is 0.0885 e. The first-order valence-corrected chi connectivity index (χ1v) is 12.5. The van der Waals surface area contributed by atoms with Crippen molar-refractivity contribution in [1.29, 1.82) is 0 Å². The monoisotopic (exact) mass is 544 g/mol. The van der Waals surface area contributed by atoms with Gasteiger partial charge in [0.25, 0.3) is 0 Å². The molecule has 0 spiro atoms. The minimum atomic E-state index is -0.747. The fourth-order valence-electron chi connectivity index (χ4n) is 9.92. The molecule has 189 valence electrons. The van der Waals surface area contributed by atoms with Crippen molar-refractivity contribution in [2.24, 2.45) is 44.1 Å². The summed E-state index contributed by atoms with van der Waals surface area (Å²) in [6, 6.07) is 0. The van der Waals surface area contributed by atoms with Crippen LogP contribution in [-0.4, -0.2) is 30.1 Å². The van der Waals surface area contributed by atoms with Crippen molar-refractivity contribution in [2.45, 2.75) is 84.2 Å². The normalized spacial score (nSPS) is 51.5. The zero-order valence-electron chi connectivity index (χ0n) is 21.0. The summed E-state index contributed by atoms with van der Waals surface area (Å²) in [5.41, 5.74) is -0.299. The second-order valence-corrected chi connectivity index (χ2v) is 12.4. The number of aliphatic hydroxyl groups is 1. The standard InChI is InChI=1S/C28H44NO3.Rh/c1-8-27-13-10-21(20(3)29-31)24(27,5)14-17-28(9-2)22(27)11-12-23(4)18-26(30,19-32-7)16-15-25(23,28)6;/h8-9,21-22,30-31H,1-3,10-19H2,4-7H3;/q-1;/p-1/b29-20+;/t21-,22+,23+,24-,25+,26-,27+,28+;/m1./s1. The Balaban J connectivity index is 0.00000306. The molecule has 1 N–H and O–H groups in total. The molecule has 4 aliphatic carbocycles. The van der Waals surface area contributed by atoms with Crippen molar-refractivity contribution in [3.63, 3.8) is 0 Å². The third kappa shape index (κ3) is 3.17. The third-order valence-electron chi connectivity index (χ3n) is 11.8. The van der Waals surface area contributed by atoms with Crippen LogP contribution in [0.1, 0.15) is 78.6 Å². The average molecular weight is 545 g/mol. The van der Waals surface area contributed by atoms with Gasteiger partial charge in [0.15, 0.2) is 0 Å². The van der Waals surface area contributed by atoms with E-state index in [0.29, 0.717) is 18.2 Å². The number of nitrogens with zero attached hydrogens (tertiary/aromatic N) is 1. The molecule has 0 heterocycles. The molecule has 0 unspecified atom stereocenters. The topological polar surface area (TPSA) is 64.9 Å². The number of ether oxygens (including phenoxy) is 1. The van der Waals surface area contributed by atoms with Crippen LogP contribution in [0.15, 0.2) is 30.5 Å². The van der Waals surface area contributed by atoms with Gasteiger partial charge in [0, 0.05) is 26.6 Å². The second-order valence-electron chi connectivity index (χ2n) is 12.4. The SMILES string of the molecule is C=C[C@]12CC[C@]3(C)[C@@H](/C([CH2-])=N/[O-])CC[C@@]3(C=C)[C@@H]1CC[C@@]1(C)C[C@@](O)(COC)CC[C@@]12C.[Rh]. The van der Waals surface area contributed by atoms with Gasteiger partial charge in [-0.15, -0.1) is 18.9 Å². The first-order chi connectivity index (χ1) is 15.0. The van der Waals surface area contributed by atoms with Crippen LogP contribution in [0.5, 0.6) is 0 Å². The van der Waals surface area contributed by atoms with Crippen LogP contribution in [0.25, 0.3) is 0 Å². The number of methoxy groups -OCH3 is 1. The molecule has 33 heavy (non-hydrogen) atoms. The third-order valence-corrected chi connectivity index (χ3v) is 11.8. The molecule has 0 bridgehead atoms. The Kier molecular flexibility index (Phi) is 6.93. The summed E-state index contributed by atoms with van der Waals surface area (Å²) in [7, 11) is 1.69. The number of allylic oxidation sites excluding steroid dienone is 2. The minimum Gasteiger partial charge on any atom is -0.794 e. The molecule has 0 aromatic carbocycles. The van der Waals surface area contributed by atoms with E-state index in [1.807, 2.05) is 0 Å². The summed E-state index contributed by atoms with van der Waals surface area (Å²) in [5.74, 6) is 0.556. The van der Waals surface area contributed by atoms with Gasteiger partial charge in [-0.05, 0) is 96.7 Å². The van der Waals surface area contributed by atoms with Gasteiger partial charge in [-0.25, -0.2) is 0 Å². The largest absolute Gasteiger partial charge is 0.794 e. The number of fused-ring (bicyclic) bond motifs is 5. The van der Waals surface area contributed by atoms with Crippen molar-refractivity contribution < 1.29 is 29.3 Å². The maximum absolute atomic E-state index is 11.5. The van der Waals surface area contributed by atoms with Crippen molar-refractivity contribution in [2.75, 3.05) is 13.7 Å². The van der Waals surface area contributed by atoms with Gasteiger partial charge >= 0.3 is 0 Å². The molecular formula is C28H43NO3Rh-2. The molecule has 8 atom stereocenters. The Morgan fingerprint density at radius 3 is 2.30 bits per heavy atom. The average Bonchev–Trinajstić information content (AvgIpc) is 3.07. The summed E-state index contributed by atoms with van der Waals surface area (Å²) >= 11 is 0. The van der Waals surface area contributed by atoms with E-state index in [9.17, 15) is 10.3 Å². The van der Waals surface area contributed by atoms with Gasteiger partial charge in [0.05, 0.1) is 12.2 Å². The molecule has 0 amide bonds. The molecule has 4 saturated carbocycles. The van der Waals surface area contributed by atoms with Crippen LogP contribution < -0.4 is 0 Å². The first kappa shape index (κ1) is 27.0. The molecule has 4 rings (SSSR count). The molecule has 0 saturated heterocycles. The maximum atomic E-state index is 11.5. The van der Waals surface area contributed by atoms with Gasteiger partial charge < -0.3 is 27.1 Å². The van der Waals surface area contributed by atoms with Crippen molar-refractivity contribution >= 4 is 5.71 Å². The van der Waals surface area contributed by atoms with Crippen molar-refractivity contribution in [3.8, 4) is 0 Å². The van der Waals surface area contributed by atoms with E-state index in [1.54, 1.807) is 7.11 Å². The second kappa shape index (κ2) is 8.49. The van der Waals surface area contributed by atoms with E-state index >= 15 is 0 Å². The van der Waals surface area contributed by atoms with E-state index in [0.717, 1.165) is 57.8 Å². The Morgan fingerprint density at radius 1 is 1.06 bits per heavy atom. The molecule has 4 fully saturated rings. The van der Waals surface area contributed by atoms with Crippen LogP contribution in [0.2, 0.25) is 0 Å². The van der Waals surface area contributed by atoms with Crippen molar-refractivity contribution in [3.05, 3.63) is 37.4 Å². The zero-order valence-corrected chi connectivity index (χ0v) is 22.7. The van der Waals surface area contributed by atoms with E-state index in [-0.39, 0.29) is 52.5 Å². The van der Waals surface area contributed by atoms with Crippen LogP contribution >= 0.6 is 0 Å². The fourth-order valence-corrected chi connectivity index (χ4v) is 9.92. The predicted octanol–water partition coefficient (Wildman–Crippen LogP) is 6.30. The van der Waals surface area contributed by atoms with Crippen LogP contribution in [0.4, 0.5) is 0 Å². The molecule has 0 aliphatic heterocycles.